The maximum absolute atomic E-state index is 6.06. The zero-order valence-electron chi connectivity index (χ0n) is 18.5. The second kappa shape index (κ2) is 12.5. The number of hydrogen-bond donors (Lipinski definition) is 1. The van der Waals surface area contributed by atoms with Gasteiger partial charge in [0.1, 0.15) is 0 Å². The Hall–Kier alpha value is -3.18. The predicted octanol–water partition coefficient (Wildman–Crippen LogP) is 5.79. The normalized spacial score (nSPS) is 10.1. The number of nitrogens with zero attached hydrogens (tertiary/aromatic N) is 6. The van der Waals surface area contributed by atoms with Crippen molar-refractivity contribution in [2.24, 2.45) is 0 Å². The number of anilines is 2. The molecule has 0 saturated heterocycles. The van der Waals surface area contributed by atoms with Gasteiger partial charge in [-0.25, -0.2) is 0 Å². The topological polar surface area (TPSA) is 117 Å². The summed E-state index contributed by atoms with van der Waals surface area (Å²) in [5.41, 5.74) is 1.49. The Balaban J connectivity index is 0.000000320. The van der Waals surface area contributed by atoms with Gasteiger partial charge >= 0.3 is 0 Å². The Morgan fingerprint density at radius 3 is 1.63 bits per heavy atom. The van der Waals surface area contributed by atoms with E-state index >= 15 is 0 Å². The van der Waals surface area contributed by atoms with Crippen molar-refractivity contribution in [3.63, 3.8) is 0 Å². The molecule has 14 heteroatoms. The van der Waals surface area contributed by atoms with Crippen LogP contribution in [0.4, 0.5) is 11.6 Å². The maximum atomic E-state index is 6.06. The standard InChI is InChI=1S/C18H17ClN4O3.C3Cl3N3/c1-24-13-9-12(10-14(25-2)15(13)26-3)20-18-22-16(21-17(19)23-18)11-7-5-4-6-8-11;4-1-7-2(5)9-3(6)8-1/h4-10H,1-3H3,(H,20,21,22,23);. The van der Waals surface area contributed by atoms with Gasteiger partial charge in [-0.3, -0.25) is 0 Å². The molecule has 0 unspecified atom stereocenters. The molecule has 0 aliphatic carbocycles. The average molecular weight is 557 g/mol. The van der Waals surface area contributed by atoms with Crippen molar-refractivity contribution in [1.82, 2.24) is 29.9 Å². The van der Waals surface area contributed by atoms with Crippen LogP contribution in [0.5, 0.6) is 17.2 Å². The van der Waals surface area contributed by atoms with Crippen LogP contribution in [-0.4, -0.2) is 51.2 Å². The summed E-state index contributed by atoms with van der Waals surface area (Å²) in [5, 5.41) is 3.18. The number of rotatable bonds is 6. The minimum atomic E-state index is 0.000000000000000444. The summed E-state index contributed by atoms with van der Waals surface area (Å²) >= 11 is 22.0. The Morgan fingerprint density at radius 1 is 0.629 bits per heavy atom. The van der Waals surface area contributed by atoms with E-state index < -0.39 is 0 Å². The highest BCUT2D eigenvalue weighted by Gasteiger charge is 2.15. The highest BCUT2D eigenvalue weighted by atomic mass is 35.5. The number of halogens is 4. The van der Waals surface area contributed by atoms with Crippen molar-refractivity contribution >= 4 is 58.0 Å². The number of ether oxygens (including phenoxy) is 3. The van der Waals surface area contributed by atoms with Crippen LogP contribution in [0.1, 0.15) is 0 Å². The lowest BCUT2D eigenvalue weighted by Gasteiger charge is -2.14. The van der Waals surface area contributed by atoms with Gasteiger partial charge in [-0.2, -0.15) is 29.9 Å². The van der Waals surface area contributed by atoms with E-state index in [4.69, 9.17) is 60.6 Å². The number of hydrogen-bond acceptors (Lipinski definition) is 10. The van der Waals surface area contributed by atoms with Crippen LogP contribution >= 0.6 is 46.4 Å². The first-order chi connectivity index (χ1) is 16.8. The van der Waals surface area contributed by atoms with Crippen LogP contribution in [0.2, 0.25) is 21.1 Å². The molecule has 1 N–H and O–H groups in total. The summed E-state index contributed by atoms with van der Waals surface area (Å²) in [6.07, 6.45) is 0. The molecule has 2 aromatic carbocycles. The van der Waals surface area contributed by atoms with Gasteiger partial charge in [-0.05, 0) is 46.4 Å². The first-order valence-corrected chi connectivity index (χ1v) is 11.1. The lowest BCUT2D eigenvalue weighted by atomic mass is 10.2. The van der Waals surface area contributed by atoms with Crippen molar-refractivity contribution in [1.29, 1.82) is 0 Å². The van der Waals surface area contributed by atoms with Crippen LogP contribution in [-0.2, 0) is 0 Å². The lowest BCUT2D eigenvalue weighted by Crippen LogP contribution is -2.03. The van der Waals surface area contributed by atoms with Gasteiger partial charge in [-0.1, -0.05) is 30.3 Å². The van der Waals surface area contributed by atoms with E-state index in [2.05, 4.69) is 35.2 Å². The van der Waals surface area contributed by atoms with E-state index in [-0.39, 0.29) is 21.1 Å². The molecule has 0 atom stereocenters. The third-order valence-corrected chi connectivity index (χ3v) is 4.79. The van der Waals surface area contributed by atoms with Crippen LogP contribution in [0.3, 0.4) is 0 Å². The molecule has 182 valence electrons. The Labute approximate surface area is 220 Å². The van der Waals surface area contributed by atoms with Gasteiger partial charge in [0.05, 0.1) is 21.3 Å². The fraction of sp³-hybridized carbons (Fsp3) is 0.143. The van der Waals surface area contributed by atoms with E-state index in [1.54, 1.807) is 33.5 Å². The molecule has 0 aliphatic rings. The number of nitrogens with one attached hydrogen (secondary N) is 1. The van der Waals surface area contributed by atoms with Crippen molar-refractivity contribution in [2.75, 3.05) is 26.6 Å². The minimum absolute atomic E-state index is 0.000000000000000444. The van der Waals surface area contributed by atoms with Crippen LogP contribution < -0.4 is 19.5 Å². The molecule has 4 rings (SSSR count). The van der Waals surface area contributed by atoms with E-state index in [0.717, 1.165) is 5.56 Å². The van der Waals surface area contributed by atoms with Gasteiger partial charge in [0, 0.05) is 23.4 Å². The minimum Gasteiger partial charge on any atom is -0.493 e. The summed E-state index contributed by atoms with van der Waals surface area (Å²) in [5.74, 6) is 2.30. The summed E-state index contributed by atoms with van der Waals surface area (Å²) in [4.78, 5) is 23.1. The highest BCUT2D eigenvalue weighted by Crippen LogP contribution is 2.40. The van der Waals surface area contributed by atoms with Crippen molar-refractivity contribution in [3.8, 4) is 28.6 Å². The largest absolute Gasteiger partial charge is 0.493 e. The number of benzene rings is 2. The van der Waals surface area contributed by atoms with Crippen LogP contribution in [0.15, 0.2) is 42.5 Å². The molecule has 0 saturated carbocycles. The summed E-state index contributed by atoms with van der Waals surface area (Å²) < 4.78 is 16.0. The summed E-state index contributed by atoms with van der Waals surface area (Å²) in [6.45, 7) is 0. The molecule has 4 aromatic rings. The van der Waals surface area contributed by atoms with E-state index in [0.29, 0.717) is 34.7 Å². The van der Waals surface area contributed by atoms with Gasteiger partial charge in [0.15, 0.2) is 17.3 Å². The van der Waals surface area contributed by atoms with E-state index in [1.165, 1.54) is 0 Å². The Morgan fingerprint density at radius 2 is 1.14 bits per heavy atom. The van der Waals surface area contributed by atoms with Gasteiger partial charge in [0.2, 0.25) is 32.8 Å². The average Bonchev–Trinajstić information content (AvgIpc) is 2.83. The summed E-state index contributed by atoms with van der Waals surface area (Å²) in [6, 6.07) is 13.0. The Bertz CT molecular complexity index is 1220. The van der Waals surface area contributed by atoms with Crippen LogP contribution in [0, 0.1) is 0 Å². The molecule has 10 nitrogen and oxygen atoms in total. The molecular weight excluding hydrogens is 540 g/mol. The Kier molecular flexibility index (Phi) is 9.44. The molecule has 0 bridgehead atoms. The van der Waals surface area contributed by atoms with Gasteiger partial charge in [0.25, 0.3) is 0 Å². The third kappa shape index (κ3) is 7.40. The van der Waals surface area contributed by atoms with Crippen molar-refractivity contribution in [3.05, 3.63) is 63.6 Å². The number of aromatic nitrogens is 6. The molecule has 0 amide bonds. The van der Waals surface area contributed by atoms with Gasteiger partial charge < -0.3 is 19.5 Å². The molecular formula is C21H17Cl4N7O3. The zero-order valence-corrected chi connectivity index (χ0v) is 21.5. The second-order valence-electron chi connectivity index (χ2n) is 6.30. The zero-order chi connectivity index (χ0) is 25.4. The molecule has 2 aromatic heterocycles. The maximum Gasteiger partial charge on any atom is 0.232 e. The fourth-order valence-corrected chi connectivity index (χ4v) is 3.48. The molecule has 2 heterocycles. The predicted molar refractivity (Wildman–Crippen MR) is 135 cm³/mol. The third-order valence-electron chi connectivity index (χ3n) is 4.11. The molecule has 0 aliphatic heterocycles. The molecule has 35 heavy (non-hydrogen) atoms. The van der Waals surface area contributed by atoms with Crippen molar-refractivity contribution < 1.29 is 14.2 Å². The SMILES string of the molecule is COc1cc(Nc2nc(Cl)nc(-c3ccccc3)n2)cc(OC)c1OC.Clc1nc(Cl)nc(Cl)n1. The molecule has 0 radical (unpaired) electrons. The summed E-state index contributed by atoms with van der Waals surface area (Å²) in [7, 11) is 4.65. The molecule has 0 spiro atoms. The molecule has 0 fully saturated rings. The highest BCUT2D eigenvalue weighted by molar-refractivity contribution is 6.33. The lowest BCUT2D eigenvalue weighted by molar-refractivity contribution is 0.324. The first-order valence-electron chi connectivity index (χ1n) is 9.59. The fourth-order valence-electron chi connectivity index (χ4n) is 2.71. The quantitative estimate of drug-likeness (QED) is 0.312. The van der Waals surface area contributed by atoms with Crippen molar-refractivity contribution in [2.45, 2.75) is 0 Å². The van der Waals surface area contributed by atoms with E-state index in [1.807, 2.05) is 30.3 Å². The van der Waals surface area contributed by atoms with Gasteiger partial charge in [-0.15, -0.1) is 0 Å². The first kappa shape index (κ1) is 26.4. The smallest absolute Gasteiger partial charge is 0.232 e. The second-order valence-corrected chi connectivity index (χ2v) is 7.65. The van der Waals surface area contributed by atoms with E-state index in [9.17, 15) is 0 Å². The monoisotopic (exact) mass is 555 g/mol. The number of methoxy groups -OCH3 is 3. The van der Waals surface area contributed by atoms with Crippen LogP contribution in [0.25, 0.3) is 11.4 Å².